The molecular weight excluding hydrogens is 279 g/mol. The van der Waals surface area contributed by atoms with Crippen LogP contribution in [0.15, 0.2) is 18.2 Å². The Balaban J connectivity index is 2.67. The van der Waals surface area contributed by atoms with Crippen molar-refractivity contribution in [2.45, 2.75) is 19.5 Å². The number of halogens is 1. The normalized spacial score (nSPS) is 13.2. The first-order valence-corrected chi connectivity index (χ1v) is 6.42. The summed E-state index contributed by atoms with van der Waals surface area (Å²) in [4.78, 5) is 23.6. The van der Waals surface area contributed by atoms with Gasteiger partial charge in [0.15, 0.2) is 17.6 Å². The Kier molecular flexibility index (Phi) is 6.10. The zero-order valence-electron chi connectivity index (χ0n) is 12.5. The summed E-state index contributed by atoms with van der Waals surface area (Å²) in [6.07, 6.45) is -0.796. The molecule has 0 aromatic heterocycles. The predicted molar refractivity (Wildman–Crippen MR) is 73.6 cm³/mol. The summed E-state index contributed by atoms with van der Waals surface area (Å²) in [6, 6.07) is 4.15. The molecule has 116 valence electrons. The van der Waals surface area contributed by atoms with Gasteiger partial charge >= 0.3 is 6.09 Å². The van der Waals surface area contributed by atoms with E-state index >= 15 is 0 Å². The van der Waals surface area contributed by atoms with Gasteiger partial charge in [-0.05, 0) is 25.1 Å². The topological polar surface area (TPSA) is 69.1 Å². The van der Waals surface area contributed by atoms with Crippen molar-refractivity contribution < 1.29 is 28.4 Å². The number of hydrogen-bond donors (Lipinski definition) is 2. The number of hydrogen-bond acceptors (Lipinski definition) is 4. The molecule has 6 nitrogen and oxygen atoms in total. The number of nitrogens with one attached hydrogen (secondary N) is 2. The van der Waals surface area contributed by atoms with Crippen molar-refractivity contribution in [3.05, 3.63) is 29.6 Å². The second kappa shape index (κ2) is 7.58. The maximum absolute atomic E-state index is 13.6. The van der Waals surface area contributed by atoms with Crippen molar-refractivity contribution in [3.8, 4) is 5.75 Å². The molecule has 21 heavy (non-hydrogen) atoms. The molecule has 0 saturated heterocycles. The van der Waals surface area contributed by atoms with Crippen LogP contribution in [-0.4, -0.2) is 39.3 Å². The Bertz CT molecular complexity index is 522. The number of imide groups is 1. The van der Waals surface area contributed by atoms with E-state index in [9.17, 15) is 14.0 Å². The van der Waals surface area contributed by atoms with E-state index < -0.39 is 23.9 Å². The number of quaternary nitrogens is 1. The van der Waals surface area contributed by atoms with E-state index in [2.05, 4.69) is 10.1 Å². The van der Waals surface area contributed by atoms with E-state index in [4.69, 9.17) is 4.74 Å². The number of benzene rings is 1. The highest BCUT2D eigenvalue weighted by molar-refractivity contribution is 5.93. The molecule has 1 aromatic carbocycles. The third-order valence-electron chi connectivity index (χ3n) is 3.24. The van der Waals surface area contributed by atoms with Gasteiger partial charge in [-0.1, -0.05) is 0 Å². The summed E-state index contributed by atoms with van der Waals surface area (Å²) in [7, 11) is 4.36. The number of carbonyl (C=O) groups excluding carboxylic acids is 2. The number of methoxy groups -OCH3 is 2. The van der Waals surface area contributed by atoms with Gasteiger partial charge in [0.25, 0.3) is 5.91 Å². The molecule has 0 fully saturated rings. The van der Waals surface area contributed by atoms with E-state index in [1.165, 1.54) is 26.4 Å². The van der Waals surface area contributed by atoms with Crippen LogP contribution in [0.5, 0.6) is 5.75 Å². The summed E-state index contributed by atoms with van der Waals surface area (Å²) in [5.41, 5.74) is 0.725. The highest BCUT2D eigenvalue weighted by Gasteiger charge is 2.24. The van der Waals surface area contributed by atoms with Crippen LogP contribution < -0.4 is 15.0 Å². The van der Waals surface area contributed by atoms with Crippen LogP contribution in [-0.2, 0) is 16.1 Å². The lowest BCUT2D eigenvalue weighted by atomic mass is 10.1. The zero-order valence-corrected chi connectivity index (χ0v) is 12.5. The molecule has 1 rings (SSSR count). The van der Waals surface area contributed by atoms with E-state index in [0.29, 0.717) is 6.54 Å². The van der Waals surface area contributed by atoms with Gasteiger partial charge in [-0.2, -0.15) is 0 Å². The van der Waals surface area contributed by atoms with E-state index in [0.717, 1.165) is 10.5 Å². The quantitative estimate of drug-likeness (QED) is 0.810. The van der Waals surface area contributed by atoms with Crippen LogP contribution in [0, 0.1) is 5.82 Å². The first-order chi connectivity index (χ1) is 9.88. The highest BCUT2D eigenvalue weighted by Crippen LogP contribution is 2.17. The number of amides is 2. The average Bonchev–Trinajstić information content (AvgIpc) is 2.46. The molecule has 2 amide bonds. The Morgan fingerprint density at radius 1 is 1.38 bits per heavy atom. The summed E-state index contributed by atoms with van der Waals surface area (Å²) in [5, 5.41) is 2.11. The van der Waals surface area contributed by atoms with E-state index in [-0.39, 0.29) is 5.75 Å². The fraction of sp³-hybridized carbons (Fsp3) is 0.429. The van der Waals surface area contributed by atoms with Gasteiger partial charge in [0.05, 0.1) is 21.3 Å². The van der Waals surface area contributed by atoms with E-state index in [1.807, 2.05) is 0 Å². The summed E-state index contributed by atoms with van der Waals surface area (Å²) in [5.74, 6) is -0.726. The van der Waals surface area contributed by atoms with Crippen LogP contribution in [0.25, 0.3) is 0 Å². The number of carbonyl (C=O) groups is 2. The van der Waals surface area contributed by atoms with Crippen LogP contribution in [0.4, 0.5) is 9.18 Å². The van der Waals surface area contributed by atoms with Crippen molar-refractivity contribution in [2.24, 2.45) is 0 Å². The van der Waals surface area contributed by atoms with E-state index in [1.54, 1.807) is 20.0 Å². The first kappa shape index (κ1) is 16.9. The minimum absolute atomic E-state index is 0.174. The Morgan fingerprint density at radius 3 is 2.57 bits per heavy atom. The second-order valence-corrected chi connectivity index (χ2v) is 4.69. The maximum atomic E-state index is 13.6. The molecule has 0 heterocycles. The number of likely N-dealkylation sites (N-methyl/N-ethyl adjacent to an activating group) is 1. The number of alkyl carbamates (subject to hydrolysis) is 1. The van der Waals surface area contributed by atoms with Gasteiger partial charge < -0.3 is 14.4 Å². The fourth-order valence-corrected chi connectivity index (χ4v) is 1.78. The molecule has 0 aliphatic carbocycles. The average molecular weight is 299 g/mol. The lowest BCUT2D eigenvalue weighted by Crippen LogP contribution is -3.12. The van der Waals surface area contributed by atoms with Crippen molar-refractivity contribution in [3.63, 3.8) is 0 Å². The van der Waals surface area contributed by atoms with Crippen LogP contribution in [0.2, 0.25) is 0 Å². The van der Waals surface area contributed by atoms with Gasteiger partial charge in [0.2, 0.25) is 0 Å². The van der Waals surface area contributed by atoms with Crippen molar-refractivity contribution >= 4 is 12.0 Å². The molecule has 1 unspecified atom stereocenters. The Morgan fingerprint density at radius 2 is 2.05 bits per heavy atom. The van der Waals surface area contributed by atoms with Crippen LogP contribution in [0.3, 0.4) is 0 Å². The smallest absolute Gasteiger partial charge is 0.413 e. The Hall–Kier alpha value is -2.15. The molecule has 0 aliphatic heterocycles. The van der Waals surface area contributed by atoms with Gasteiger partial charge in [0, 0.05) is 5.56 Å². The molecule has 0 aliphatic rings. The third-order valence-corrected chi connectivity index (χ3v) is 3.24. The first-order valence-electron chi connectivity index (χ1n) is 6.42. The van der Waals surface area contributed by atoms with Crippen LogP contribution >= 0.6 is 0 Å². The monoisotopic (exact) mass is 299 g/mol. The third kappa shape index (κ3) is 4.71. The Labute approximate surface area is 122 Å². The number of rotatable bonds is 5. The second-order valence-electron chi connectivity index (χ2n) is 4.69. The van der Waals surface area contributed by atoms with Gasteiger partial charge in [-0.15, -0.1) is 0 Å². The highest BCUT2D eigenvalue weighted by atomic mass is 19.1. The molecule has 7 heteroatoms. The van der Waals surface area contributed by atoms with Gasteiger partial charge in [-0.3, -0.25) is 10.1 Å². The molecule has 1 aromatic rings. The molecule has 2 atom stereocenters. The lowest BCUT2D eigenvalue weighted by molar-refractivity contribution is -0.908. The zero-order chi connectivity index (χ0) is 16.0. The fourth-order valence-electron chi connectivity index (χ4n) is 1.78. The van der Waals surface area contributed by atoms with Gasteiger partial charge in [0.1, 0.15) is 6.54 Å². The molecular formula is C14H20FN2O4+. The molecule has 2 N–H and O–H groups in total. The molecule has 0 bridgehead atoms. The van der Waals surface area contributed by atoms with Crippen molar-refractivity contribution in [2.75, 3.05) is 21.3 Å². The summed E-state index contributed by atoms with van der Waals surface area (Å²) < 4.78 is 22.8. The molecule has 0 radical (unpaired) electrons. The maximum Gasteiger partial charge on any atom is 0.413 e. The largest absolute Gasteiger partial charge is 0.494 e. The van der Waals surface area contributed by atoms with Crippen molar-refractivity contribution in [1.82, 2.24) is 5.32 Å². The minimum atomic E-state index is -0.796. The lowest BCUT2D eigenvalue weighted by Gasteiger charge is -2.20. The van der Waals surface area contributed by atoms with Crippen molar-refractivity contribution in [1.29, 1.82) is 0 Å². The van der Waals surface area contributed by atoms with Gasteiger partial charge in [-0.25, -0.2) is 9.18 Å². The molecule has 0 spiro atoms. The number of ether oxygens (including phenoxy) is 2. The minimum Gasteiger partial charge on any atom is -0.494 e. The summed E-state index contributed by atoms with van der Waals surface area (Å²) in [6.45, 7) is 2.10. The predicted octanol–water partition coefficient (Wildman–Crippen LogP) is 0.120. The SMILES string of the molecule is COC(=O)NC(=O)[C@@H](C)[NH+](C)Cc1ccc(OC)c(F)c1. The molecule has 0 saturated carbocycles. The standard InChI is InChI=1S/C14H19FN2O4/c1-9(13(18)16-14(19)21-4)17(2)8-10-5-6-12(20-3)11(15)7-10/h5-7,9H,8H2,1-4H3,(H,16,18,19)/p+1/t9-/m1/s1. The van der Waals surface area contributed by atoms with Crippen LogP contribution in [0.1, 0.15) is 12.5 Å². The summed E-state index contributed by atoms with van der Waals surface area (Å²) >= 11 is 0.